The van der Waals surface area contributed by atoms with Crippen LogP contribution < -0.4 is 5.32 Å². The lowest BCUT2D eigenvalue weighted by Crippen LogP contribution is -2.41. The highest BCUT2D eigenvalue weighted by atomic mass is 19.4. The minimum absolute atomic E-state index is 0.0628. The average Bonchev–Trinajstić information content (AvgIpc) is 2.95. The summed E-state index contributed by atoms with van der Waals surface area (Å²) in [5.74, 6) is -0.525. The van der Waals surface area contributed by atoms with Crippen LogP contribution in [0.25, 0.3) is 0 Å². The minimum Gasteiger partial charge on any atom is -0.338 e. The van der Waals surface area contributed by atoms with Gasteiger partial charge in [0.25, 0.3) is 0 Å². The number of rotatable bonds is 5. The van der Waals surface area contributed by atoms with Crippen molar-refractivity contribution in [3.8, 4) is 0 Å². The molecule has 1 amide bonds. The first-order chi connectivity index (χ1) is 10.8. The molecule has 2 rings (SSSR count). The Morgan fingerprint density at radius 3 is 2.74 bits per heavy atom. The highest BCUT2D eigenvalue weighted by Gasteiger charge is 2.35. The van der Waals surface area contributed by atoms with Gasteiger partial charge in [-0.2, -0.15) is 13.2 Å². The Morgan fingerprint density at radius 1 is 1.39 bits per heavy atom. The number of hydrogen-bond acceptors (Lipinski definition) is 2. The molecule has 0 radical (unpaired) electrons. The molecular weight excluding hydrogens is 305 g/mol. The first kappa shape index (κ1) is 17.8. The van der Waals surface area contributed by atoms with E-state index in [1.165, 1.54) is 12.1 Å². The van der Waals surface area contributed by atoms with Crippen LogP contribution >= 0.6 is 0 Å². The van der Waals surface area contributed by atoms with Crippen LogP contribution in [-0.2, 0) is 11.0 Å². The van der Waals surface area contributed by atoms with Gasteiger partial charge in [0.15, 0.2) is 0 Å². The normalized spacial score (nSPS) is 19.9. The molecule has 0 saturated carbocycles. The van der Waals surface area contributed by atoms with E-state index in [-0.39, 0.29) is 23.9 Å². The minimum atomic E-state index is -4.39. The van der Waals surface area contributed by atoms with Crippen LogP contribution in [0, 0.1) is 0 Å². The molecule has 1 fully saturated rings. The molecule has 1 aliphatic rings. The van der Waals surface area contributed by atoms with E-state index in [4.69, 9.17) is 0 Å². The van der Waals surface area contributed by atoms with Crippen molar-refractivity contribution in [1.82, 2.24) is 10.2 Å². The van der Waals surface area contributed by atoms with Crippen LogP contribution in [-0.4, -0.2) is 37.0 Å². The first-order valence-corrected chi connectivity index (χ1v) is 7.94. The van der Waals surface area contributed by atoms with Crippen molar-refractivity contribution in [2.75, 3.05) is 20.1 Å². The van der Waals surface area contributed by atoms with Gasteiger partial charge in [0.2, 0.25) is 5.91 Å². The second kappa shape index (κ2) is 7.34. The van der Waals surface area contributed by atoms with Crippen LogP contribution in [0.2, 0.25) is 0 Å². The Labute approximate surface area is 134 Å². The molecule has 0 spiro atoms. The maximum absolute atomic E-state index is 13.1. The van der Waals surface area contributed by atoms with Crippen LogP contribution in [0.15, 0.2) is 24.3 Å². The lowest BCUT2D eigenvalue weighted by molar-refractivity contribution is -0.139. The Hall–Kier alpha value is -1.56. The Morgan fingerprint density at radius 2 is 2.09 bits per heavy atom. The quantitative estimate of drug-likeness (QED) is 0.898. The summed E-state index contributed by atoms with van der Waals surface area (Å²) in [5, 5.41) is 3.07. The number of amides is 1. The van der Waals surface area contributed by atoms with Gasteiger partial charge in [-0.15, -0.1) is 0 Å². The van der Waals surface area contributed by atoms with Crippen molar-refractivity contribution in [2.24, 2.45) is 0 Å². The molecule has 0 aliphatic carbocycles. The van der Waals surface area contributed by atoms with Gasteiger partial charge in [0.05, 0.1) is 5.56 Å². The van der Waals surface area contributed by atoms with Crippen molar-refractivity contribution in [1.29, 1.82) is 0 Å². The molecule has 0 unspecified atom stereocenters. The third-order valence-corrected chi connectivity index (χ3v) is 4.42. The number of carbonyl (C=O) groups is 1. The summed E-state index contributed by atoms with van der Waals surface area (Å²) in [6, 6.07) is 5.67. The molecule has 1 heterocycles. The number of likely N-dealkylation sites (tertiary alicyclic amines) is 1. The first-order valence-electron chi connectivity index (χ1n) is 7.94. The van der Waals surface area contributed by atoms with Crippen molar-refractivity contribution in [3.63, 3.8) is 0 Å². The van der Waals surface area contributed by atoms with Gasteiger partial charge in [-0.3, -0.25) is 4.79 Å². The molecule has 1 aromatic carbocycles. The molecule has 1 saturated heterocycles. The van der Waals surface area contributed by atoms with Crippen LogP contribution in [0.4, 0.5) is 13.2 Å². The maximum Gasteiger partial charge on any atom is 0.416 e. The summed E-state index contributed by atoms with van der Waals surface area (Å²) in [6.45, 7) is 3.10. The Bertz CT molecular complexity index is 545. The summed E-state index contributed by atoms with van der Waals surface area (Å²) < 4.78 is 39.3. The van der Waals surface area contributed by atoms with E-state index in [1.54, 1.807) is 13.0 Å². The lowest BCUT2D eigenvalue weighted by atomic mass is 9.92. The number of carbonyl (C=O) groups excluding carboxylic acids is 1. The fraction of sp³-hybridized carbons (Fsp3) is 0.588. The number of hydrogen-bond donors (Lipinski definition) is 1. The highest BCUT2D eigenvalue weighted by molar-refractivity contribution is 5.77. The Balaban J connectivity index is 2.10. The zero-order valence-electron chi connectivity index (χ0n) is 13.5. The predicted molar refractivity (Wildman–Crippen MR) is 83.1 cm³/mol. The second-order valence-electron chi connectivity index (χ2n) is 6.13. The molecule has 3 nitrogen and oxygen atoms in total. The van der Waals surface area contributed by atoms with Crippen LogP contribution in [0.1, 0.15) is 43.2 Å². The molecule has 1 aromatic rings. The highest BCUT2D eigenvalue weighted by Crippen LogP contribution is 2.36. The SMILES string of the molecule is CNC[C@@H]1CCCN1C(=O)C[C@@H](C)c1ccccc1C(F)(F)F. The third kappa shape index (κ3) is 4.25. The van der Waals surface area contributed by atoms with Crippen molar-refractivity contribution in [2.45, 2.75) is 44.3 Å². The van der Waals surface area contributed by atoms with Gasteiger partial charge in [0, 0.05) is 25.6 Å². The number of alkyl halides is 3. The monoisotopic (exact) mass is 328 g/mol. The molecule has 0 bridgehead atoms. The molecule has 1 N–H and O–H groups in total. The standard InChI is InChI=1S/C17H23F3N2O/c1-12(14-7-3-4-8-15(14)17(18,19)20)10-16(23)22-9-5-6-13(22)11-21-2/h3-4,7-8,12-13,21H,5-6,9-11H2,1-2H3/t12-,13+/m1/s1. The Kier molecular flexibility index (Phi) is 5.68. The number of nitrogens with one attached hydrogen (secondary N) is 1. The van der Waals surface area contributed by atoms with Gasteiger partial charge in [-0.1, -0.05) is 25.1 Å². The van der Waals surface area contributed by atoms with Gasteiger partial charge in [-0.05, 0) is 37.4 Å². The van der Waals surface area contributed by atoms with Gasteiger partial charge < -0.3 is 10.2 Å². The number of likely N-dealkylation sites (N-methyl/N-ethyl adjacent to an activating group) is 1. The van der Waals surface area contributed by atoms with Crippen molar-refractivity contribution >= 4 is 5.91 Å². The maximum atomic E-state index is 13.1. The number of benzene rings is 1. The summed E-state index contributed by atoms with van der Waals surface area (Å²) >= 11 is 0. The fourth-order valence-electron chi connectivity index (χ4n) is 3.29. The summed E-state index contributed by atoms with van der Waals surface area (Å²) in [4.78, 5) is 14.3. The van der Waals surface area contributed by atoms with E-state index in [0.29, 0.717) is 6.54 Å². The average molecular weight is 328 g/mol. The van der Waals surface area contributed by atoms with Gasteiger partial charge >= 0.3 is 6.18 Å². The topological polar surface area (TPSA) is 32.3 Å². The second-order valence-corrected chi connectivity index (χ2v) is 6.13. The van der Waals surface area contributed by atoms with Gasteiger partial charge in [0.1, 0.15) is 0 Å². The molecule has 128 valence electrons. The lowest BCUT2D eigenvalue weighted by Gasteiger charge is -2.26. The molecule has 23 heavy (non-hydrogen) atoms. The molecule has 6 heteroatoms. The molecule has 2 atom stereocenters. The smallest absolute Gasteiger partial charge is 0.338 e. The van der Waals surface area contributed by atoms with Crippen LogP contribution in [0.5, 0.6) is 0 Å². The van der Waals surface area contributed by atoms with Crippen molar-refractivity contribution in [3.05, 3.63) is 35.4 Å². The number of nitrogens with zero attached hydrogens (tertiary/aromatic N) is 1. The summed E-state index contributed by atoms with van der Waals surface area (Å²) in [6.07, 6.45) is -2.39. The van der Waals surface area contributed by atoms with Gasteiger partial charge in [-0.25, -0.2) is 0 Å². The third-order valence-electron chi connectivity index (χ3n) is 4.42. The molecule has 1 aliphatic heterocycles. The zero-order chi connectivity index (χ0) is 17.0. The predicted octanol–water partition coefficient (Wildman–Crippen LogP) is 3.41. The molecule has 0 aromatic heterocycles. The van der Waals surface area contributed by atoms with E-state index in [9.17, 15) is 18.0 Å². The summed E-state index contributed by atoms with van der Waals surface area (Å²) in [7, 11) is 1.84. The van der Waals surface area contributed by atoms with Crippen LogP contribution in [0.3, 0.4) is 0 Å². The largest absolute Gasteiger partial charge is 0.416 e. The number of halogens is 3. The fourth-order valence-corrected chi connectivity index (χ4v) is 3.29. The zero-order valence-corrected chi connectivity index (χ0v) is 13.5. The van der Waals surface area contributed by atoms with E-state index in [0.717, 1.165) is 25.5 Å². The molecular formula is C17H23F3N2O. The van der Waals surface area contributed by atoms with E-state index in [1.807, 2.05) is 11.9 Å². The van der Waals surface area contributed by atoms with Crippen molar-refractivity contribution < 1.29 is 18.0 Å². The van der Waals surface area contributed by atoms with E-state index in [2.05, 4.69) is 5.32 Å². The summed E-state index contributed by atoms with van der Waals surface area (Å²) in [5.41, 5.74) is -0.453. The van der Waals surface area contributed by atoms with E-state index >= 15 is 0 Å². The van der Waals surface area contributed by atoms with E-state index < -0.39 is 17.7 Å².